The first-order valence-electron chi connectivity index (χ1n) is 10.6. The molecule has 5 rings (SSSR count). The van der Waals surface area contributed by atoms with Gasteiger partial charge in [-0.2, -0.15) is 0 Å². The van der Waals surface area contributed by atoms with Crippen LogP contribution in [0, 0.1) is 0 Å². The topological polar surface area (TPSA) is 70.7 Å². The SMILES string of the molecule is O=c1cc(C[P+](c2ccccc2)(c2ccccc2)c2ccccc2)c2cc(O)c(O)cc2o1. The number of rotatable bonds is 5. The van der Waals surface area contributed by atoms with E-state index in [2.05, 4.69) is 36.4 Å². The average molecular weight is 453 g/mol. The van der Waals surface area contributed by atoms with Gasteiger partial charge in [0, 0.05) is 23.1 Å². The molecule has 0 atom stereocenters. The largest absolute Gasteiger partial charge is 0.504 e. The average Bonchev–Trinajstić information content (AvgIpc) is 2.85. The third-order valence-electron chi connectivity index (χ3n) is 5.92. The summed E-state index contributed by atoms with van der Waals surface area (Å²) in [5, 5.41) is 24.3. The van der Waals surface area contributed by atoms with Gasteiger partial charge in [0.25, 0.3) is 0 Å². The molecule has 0 saturated carbocycles. The Morgan fingerprint density at radius 3 is 1.58 bits per heavy atom. The molecule has 5 heteroatoms. The minimum atomic E-state index is -2.25. The van der Waals surface area contributed by atoms with Gasteiger partial charge in [0.15, 0.2) is 11.5 Å². The normalized spacial score (nSPS) is 11.5. The highest BCUT2D eigenvalue weighted by molar-refractivity contribution is 7.95. The molecule has 0 aliphatic heterocycles. The van der Waals surface area contributed by atoms with Crippen LogP contribution in [0.2, 0.25) is 0 Å². The maximum atomic E-state index is 12.5. The second-order valence-electron chi connectivity index (χ2n) is 7.90. The van der Waals surface area contributed by atoms with Crippen LogP contribution in [-0.2, 0) is 6.16 Å². The summed E-state index contributed by atoms with van der Waals surface area (Å²) in [5.41, 5.74) is 0.524. The molecule has 0 aliphatic rings. The molecule has 1 heterocycles. The molecule has 0 bridgehead atoms. The van der Waals surface area contributed by atoms with Gasteiger partial charge >= 0.3 is 5.63 Å². The van der Waals surface area contributed by atoms with Gasteiger partial charge in [0.2, 0.25) is 0 Å². The van der Waals surface area contributed by atoms with E-state index in [1.54, 1.807) is 0 Å². The summed E-state index contributed by atoms with van der Waals surface area (Å²) < 4.78 is 5.36. The Hall–Kier alpha value is -3.88. The fourth-order valence-electron chi connectivity index (χ4n) is 4.41. The Bertz CT molecular complexity index is 1370. The van der Waals surface area contributed by atoms with Crippen molar-refractivity contribution in [1.82, 2.24) is 0 Å². The van der Waals surface area contributed by atoms with Crippen LogP contribution in [0.4, 0.5) is 0 Å². The number of phenols is 2. The third kappa shape index (κ3) is 3.79. The van der Waals surface area contributed by atoms with Crippen LogP contribution in [0.1, 0.15) is 5.56 Å². The van der Waals surface area contributed by atoms with E-state index in [1.165, 1.54) is 34.1 Å². The zero-order valence-corrected chi connectivity index (χ0v) is 18.7. The van der Waals surface area contributed by atoms with Crippen molar-refractivity contribution < 1.29 is 14.6 Å². The molecular formula is C28H22O4P+. The fourth-order valence-corrected chi connectivity index (χ4v) is 8.66. The predicted octanol–water partition coefficient (Wildman–Crippen LogP) is 4.70. The van der Waals surface area contributed by atoms with Crippen molar-refractivity contribution in [2.45, 2.75) is 6.16 Å². The summed E-state index contributed by atoms with van der Waals surface area (Å²) in [5.74, 6) is -0.571. The smallest absolute Gasteiger partial charge is 0.336 e. The van der Waals surface area contributed by atoms with E-state index >= 15 is 0 Å². The molecule has 5 aromatic rings. The molecule has 4 aromatic carbocycles. The first kappa shape index (κ1) is 21.0. The van der Waals surface area contributed by atoms with Crippen molar-refractivity contribution in [2.24, 2.45) is 0 Å². The fraction of sp³-hybridized carbons (Fsp3) is 0.0357. The summed E-state index contributed by atoms with van der Waals surface area (Å²) in [4.78, 5) is 12.5. The molecule has 0 amide bonds. The second-order valence-corrected chi connectivity index (χ2v) is 11.4. The Morgan fingerprint density at radius 2 is 1.09 bits per heavy atom. The molecule has 0 unspecified atom stereocenters. The Labute approximate surface area is 191 Å². The van der Waals surface area contributed by atoms with Crippen molar-refractivity contribution in [3.63, 3.8) is 0 Å². The minimum Gasteiger partial charge on any atom is -0.504 e. The van der Waals surface area contributed by atoms with Gasteiger partial charge in [-0.1, -0.05) is 54.6 Å². The lowest BCUT2D eigenvalue weighted by Crippen LogP contribution is -2.32. The van der Waals surface area contributed by atoms with Crippen molar-refractivity contribution in [3.05, 3.63) is 125 Å². The maximum Gasteiger partial charge on any atom is 0.336 e. The first-order valence-corrected chi connectivity index (χ1v) is 12.6. The summed E-state index contributed by atoms with van der Waals surface area (Å²) >= 11 is 0. The molecule has 33 heavy (non-hydrogen) atoms. The van der Waals surface area contributed by atoms with E-state index in [4.69, 9.17) is 4.42 Å². The van der Waals surface area contributed by atoms with Crippen LogP contribution >= 0.6 is 7.26 Å². The molecule has 2 N–H and O–H groups in total. The van der Waals surface area contributed by atoms with Crippen molar-refractivity contribution in [2.75, 3.05) is 0 Å². The minimum absolute atomic E-state index is 0.249. The van der Waals surface area contributed by atoms with E-state index in [0.29, 0.717) is 11.5 Å². The Balaban J connectivity index is 1.85. The summed E-state index contributed by atoms with van der Waals surface area (Å²) in [7, 11) is -2.25. The van der Waals surface area contributed by atoms with Crippen molar-refractivity contribution in [3.8, 4) is 11.5 Å². The van der Waals surface area contributed by atoms with E-state index in [1.807, 2.05) is 54.6 Å². The van der Waals surface area contributed by atoms with Gasteiger partial charge in [-0.05, 0) is 42.5 Å². The number of hydrogen-bond donors (Lipinski definition) is 2. The van der Waals surface area contributed by atoms with Crippen LogP contribution in [0.25, 0.3) is 11.0 Å². The first-order chi connectivity index (χ1) is 16.1. The van der Waals surface area contributed by atoms with Gasteiger partial charge < -0.3 is 14.6 Å². The predicted molar refractivity (Wildman–Crippen MR) is 135 cm³/mol. The van der Waals surface area contributed by atoms with E-state index in [-0.39, 0.29) is 17.1 Å². The van der Waals surface area contributed by atoms with E-state index in [9.17, 15) is 15.0 Å². The lowest BCUT2D eigenvalue weighted by molar-refractivity contribution is 0.403. The van der Waals surface area contributed by atoms with Gasteiger partial charge in [0.1, 0.15) is 28.8 Å². The summed E-state index contributed by atoms with van der Waals surface area (Å²) in [6.07, 6.45) is 0.553. The zero-order chi connectivity index (χ0) is 22.8. The monoisotopic (exact) mass is 453 g/mol. The molecule has 0 spiro atoms. The quantitative estimate of drug-likeness (QED) is 0.230. The van der Waals surface area contributed by atoms with Crippen LogP contribution in [0.5, 0.6) is 11.5 Å². The molecule has 0 saturated heterocycles. The second kappa shape index (κ2) is 8.57. The molecule has 0 aliphatic carbocycles. The summed E-state index contributed by atoms with van der Waals surface area (Å²) in [6.45, 7) is 0. The van der Waals surface area contributed by atoms with Gasteiger partial charge in [-0.3, -0.25) is 0 Å². The van der Waals surface area contributed by atoms with Gasteiger partial charge in [-0.15, -0.1) is 0 Å². The summed E-state index contributed by atoms with van der Waals surface area (Å²) in [6, 6.07) is 35.4. The standard InChI is InChI=1S/C28H21O4P/c29-25-17-24-20(16-28(31)32-27(24)18-26(25)30)19-33(21-10-4-1-5-11-21,22-12-6-2-7-13-22)23-14-8-3-9-15-23/h1-18H,19H2,(H-,29,30,31)/p+1. The molecule has 0 fully saturated rings. The molecule has 162 valence electrons. The van der Waals surface area contributed by atoms with Crippen LogP contribution in [0.15, 0.2) is 118 Å². The Morgan fingerprint density at radius 1 is 0.636 bits per heavy atom. The molecular weight excluding hydrogens is 431 g/mol. The van der Waals surface area contributed by atoms with Gasteiger partial charge in [0.05, 0.1) is 6.16 Å². The van der Waals surface area contributed by atoms with Crippen molar-refractivity contribution >= 4 is 34.1 Å². The van der Waals surface area contributed by atoms with Crippen LogP contribution in [-0.4, -0.2) is 10.2 Å². The number of fused-ring (bicyclic) bond motifs is 1. The highest BCUT2D eigenvalue weighted by atomic mass is 31.2. The lowest BCUT2D eigenvalue weighted by Gasteiger charge is -2.28. The van der Waals surface area contributed by atoms with E-state index < -0.39 is 12.9 Å². The van der Waals surface area contributed by atoms with Gasteiger partial charge in [-0.25, -0.2) is 4.79 Å². The van der Waals surface area contributed by atoms with Crippen LogP contribution < -0.4 is 21.5 Å². The number of benzene rings is 4. The number of phenolic OH excluding ortho intramolecular Hbond substituents is 2. The lowest BCUT2D eigenvalue weighted by atomic mass is 10.1. The highest BCUT2D eigenvalue weighted by Crippen LogP contribution is 2.58. The molecule has 0 radical (unpaired) electrons. The number of hydrogen-bond acceptors (Lipinski definition) is 4. The van der Waals surface area contributed by atoms with E-state index in [0.717, 1.165) is 5.56 Å². The third-order valence-corrected chi connectivity index (χ3v) is 10.3. The number of aromatic hydroxyl groups is 2. The maximum absolute atomic E-state index is 12.5. The van der Waals surface area contributed by atoms with Crippen LogP contribution in [0.3, 0.4) is 0 Å². The zero-order valence-electron chi connectivity index (χ0n) is 17.8. The Kier molecular flexibility index (Phi) is 5.45. The molecule has 1 aromatic heterocycles. The van der Waals surface area contributed by atoms with Crippen molar-refractivity contribution in [1.29, 1.82) is 0 Å². The highest BCUT2D eigenvalue weighted by Gasteiger charge is 2.45. The molecule has 4 nitrogen and oxygen atoms in total.